The van der Waals surface area contributed by atoms with E-state index in [4.69, 9.17) is 0 Å². The molecule has 164 valence electrons. The molecule has 0 spiro atoms. The van der Waals surface area contributed by atoms with Crippen LogP contribution in [0.15, 0.2) is 78.4 Å². The number of hydrogen-bond acceptors (Lipinski definition) is 5. The number of aromatic nitrogens is 1. The molecule has 1 fully saturated rings. The van der Waals surface area contributed by atoms with Crippen molar-refractivity contribution in [1.29, 1.82) is 0 Å². The molecule has 5 nitrogen and oxygen atoms in total. The first-order chi connectivity index (χ1) is 16.0. The Balaban J connectivity index is 1.71. The van der Waals surface area contributed by atoms with Crippen molar-refractivity contribution in [2.45, 2.75) is 19.4 Å². The average Bonchev–Trinajstić information content (AvgIpc) is 3.37. The summed E-state index contributed by atoms with van der Waals surface area (Å²) in [6.45, 7) is 2.06. The molecular weight excluding hydrogens is 439 g/mol. The number of carbonyl (C=O) groups is 2. The minimum atomic E-state index is -0.859. The number of fused-ring (bicyclic) bond motifs is 1. The van der Waals surface area contributed by atoms with Crippen LogP contribution in [0.2, 0.25) is 0 Å². The fourth-order valence-corrected chi connectivity index (χ4v) is 5.08. The maximum Gasteiger partial charge on any atom is 0.301 e. The highest BCUT2D eigenvalue weighted by Gasteiger charge is 2.48. The average molecular weight is 459 g/mol. The Morgan fingerprint density at radius 3 is 2.48 bits per heavy atom. The molecule has 1 amide bonds. The van der Waals surface area contributed by atoms with Gasteiger partial charge in [0.2, 0.25) is 0 Å². The van der Waals surface area contributed by atoms with Crippen LogP contribution in [0.5, 0.6) is 0 Å². The lowest BCUT2D eigenvalue weighted by Crippen LogP contribution is -2.29. The number of ketones is 1. The summed E-state index contributed by atoms with van der Waals surface area (Å²) in [7, 11) is 0. The largest absolute Gasteiger partial charge is 0.507 e. The number of anilines is 1. The second-order valence-corrected chi connectivity index (χ2v) is 8.75. The van der Waals surface area contributed by atoms with Crippen LogP contribution in [0.1, 0.15) is 29.7 Å². The maximum absolute atomic E-state index is 13.4. The fourth-order valence-electron chi connectivity index (χ4n) is 4.02. The highest BCUT2D eigenvalue weighted by Crippen LogP contribution is 2.44. The number of aryl methyl sites for hydroxylation is 1. The van der Waals surface area contributed by atoms with Crippen LogP contribution in [0.4, 0.5) is 9.52 Å². The van der Waals surface area contributed by atoms with Gasteiger partial charge < -0.3 is 5.11 Å². The third-order valence-corrected chi connectivity index (χ3v) is 6.75. The van der Waals surface area contributed by atoms with E-state index >= 15 is 0 Å². The molecule has 0 aliphatic carbocycles. The predicted octanol–water partition coefficient (Wildman–Crippen LogP) is 5.62. The van der Waals surface area contributed by atoms with E-state index in [9.17, 15) is 19.1 Å². The van der Waals surface area contributed by atoms with Gasteiger partial charge in [-0.15, -0.1) is 0 Å². The van der Waals surface area contributed by atoms with Crippen LogP contribution in [-0.4, -0.2) is 21.8 Å². The zero-order valence-electron chi connectivity index (χ0n) is 17.7. The molecule has 2 heterocycles. The molecule has 1 aromatic heterocycles. The molecule has 1 atom stereocenters. The quantitative estimate of drug-likeness (QED) is 0.245. The van der Waals surface area contributed by atoms with Gasteiger partial charge in [-0.25, -0.2) is 9.37 Å². The second-order valence-electron chi connectivity index (χ2n) is 7.74. The van der Waals surface area contributed by atoms with Crippen LogP contribution in [-0.2, 0) is 16.0 Å². The number of benzene rings is 3. The number of carbonyl (C=O) groups excluding carboxylic acids is 2. The smallest absolute Gasteiger partial charge is 0.301 e. The van der Waals surface area contributed by atoms with E-state index in [1.165, 1.54) is 40.5 Å². The first kappa shape index (κ1) is 21.0. The van der Waals surface area contributed by atoms with Crippen molar-refractivity contribution in [3.8, 4) is 0 Å². The summed E-state index contributed by atoms with van der Waals surface area (Å²) in [5, 5.41) is 11.4. The molecule has 7 heteroatoms. The predicted molar refractivity (Wildman–Crippen MR) is 127 cm³/mol. The fraction of sp³-hybridized carbons (Fsp3) is 0.115. The van der Waals surface area contributed by atoms with Crippen LogP contribution in [0, 0.1) is 5.82 Å². The van der Waals surface area contributed by atoms with E-state index in [-0.39, 0.29) is 16.9 Å². The molecule has 0 saturated carbocycles. The molecule has 0 radical (unpaired) electrons. The number of aliphatic hydroxyl groups is 1. The standard InChI is InChI=1S/C26H19FN2O3S/c1-2-15-8-13-19-20(14-15)33-26(28-19)29-22(16-6-4-3-5-7-16)21(24(31)25(29)32)23(30)17-9-11-18(27)12-10-17/h3-14,22,30H,2H2,1H3/b23-21+/t22-/m0/s1. The summed E-state index contributed by atoms with van der Waals surface area (Å²) in [6.07, 6.45) is 0.870. The first-order valence-electron chi connectivity index (χ1n) is 10.5. The van der Waals surface area contributed by atoms with Gasteiger partial charge >= 0.3 is 5.91 Å². The zero-order valence-corrected chi connectivity index (χ0v) is 18.5. The van der Waals surface area contributed by atoms with E-state index in [0.29, 0.717) is 10.7 Å². The molecule has 5 rings (SSSR count). The van der Waals surface area contributed by atoms with Crippen molar-refractivity contribution in [3.05, 3.63) is 101 Å². The van der Waals surface area contributed by atoms with Crippen molar-refractivity contribution >= 4 is 44.1 Å². The Kier molecular flexibility index (Phi) is 5.26. The van der Waals surface area contributed by atoms with Gasteiger partial charge in [-0.2, -0.15) is 0 Å². The minimum Gasteiger partial charge on any atom is -0.507 e. The van der Waals surface area contributed by atoms with E-state index in [2.05, 4.69) is 11.9 Å². The van der Waals surface area contributed by atoms with Crippen LogP contribution in [0.25, 0.3) is 16.0 Å². The molecule has 1 aliphatic heterocycles. The van der Waals surface area contributed by atoms with Gasteiger partial charge in [0, 0.05) is 5.56 Å². The Morgan fingerprint density at radius 1 is 1.06 bits per heavy atom. The number of thiazole rings is 1. The Morgan fingerprint density at radius 2 is 1.79 bits per heavy atom. The highest BCUT2D eigenvalue weighted by atomic mass is 32.1. The van der Waals surface area contributed by atoms with Gasteiger partial charge in [0.05, 0.1) is 21.8 Å². The molecule has 33 heavy (non-hydrogen) atoms. The molecule has 1 saturated heterocycles. The summed E-state index contributed by atoms with van der Waals surface area (Å²) in [4.78, 5) is 32.4. The summed E-state index contributed by atoms with van der Waals surface area (Å²) in [6, 6.07) is 19.2. The molecule has 1 N–H and O–H groups in total. The highest BCUT2D eigenvalue weighted by molar-refractivity contribution is 7.22. The number of Topliss-reactive ketones (excluding diaryl/α,β-unsaturated/α-hetero) is 1. The Labute approximate surface area is 193 Å². The number of rotatable bonds is 4. The number of halogens is 1. The third kappa shape index (κ3) is 3.60. The topological polar surface area (TPSA) is 70.5 Å². The Hall–Kier alpha value is -3.84. The summed E-state index contributed by atoms with van der Waals surface area (Å²) >= 11 is 1.33. The maximum atomic E-state index is 13.4. The summed E-state index contributed by atoms with van der Waals surface area (Å²) < 4.78 is 14.3. The van der Waals surface area contributed by atoms with Crippen molar-refractivity contribution in [2.24, 2.45) is 0 Å². The van der Waals surface area contributed by atoms with Gasteiger partial charge in [0.15, 0.2) is 5.13 Å². The number of aliphatic hydroxyl groups excluding tert-OH is 1. The lowest BCUT2D eigenvalue weighted by Gasteiger charge is -2.22. The van der Waals surface area contributed by atoms with Crippen molar-refractivity contribution < 1.29 is 19.1 Å². The summed E-state index contributed by atoms with van der Waals surface area (Å²) in [5.74, 6) is -2.38. The molecule has 1 aliphatic rings. The lowest BCUT2D eigenvalue weighted by molar-refractivity contribution is -0.132. The molecule has 3 aromatic carbocycles. The van der Waals surface area contributed by atoms with Gasteiger partial charge in [0.1, 0.15) is 11.6 Å². The second kappa shape index (κ2) is 8.26. The molecule has 0 bridgehead atoms. The van der Waals surface area contributed by atoms with Crippen molar-refractivity contribution in [3.63, 3.8) is 0 Å². The minimum absolute atomic E-state index is 0.0497. The van der Waals surface area contributed by atoms with E-state index in [1.807, 2.05) is 24.3 Å². The van der Waals surface area contributed by atoms with Crippen molar-refractivity contribution in [2.75, 3.05) is 4.90 Å². The monoisotopic (exact) mass is 458 g/mol. The number of hydrogen-bond donors (Lipinski definition) is 1. The third-order valence-electron chi connectivity index (χ3n) is 5.73. The van der Waals surface area contributed by atoms with Gasteiger partial charge in [0.25, 0.3) is 5.78 Å². The van der Waals surface area contributed by atoms with Crippen LogP contribution >= 0.6 is 11.3 Å². The van der Waals surface area contributed by atoms with Gasteiger partial charge in [-0.1, -0.05) is 54.7 Å². The van der Waals surface area contributed by atoms with E-state index in [1.54, 1.807) is 24.3 Å². The molecule has 4 aromatic rings. The first-order valence-corrected chi connectivity index (χ1v) is 11.3. The van der Waals surface area contributed by atoms with E-state index in [0.717, 1.165) is 22.2 Å². The van der Waals surface area contributed by atoms with Crippen LogP contribution < -0.4 is 4.90 Å². The summed E-state index contributed by atoms with van der Waals surface area (Å²) in [5.41, 5.74) is 2.75. The SMILES string of the molecule is CCc1ccc2nc(N3C(=O)C(=O)/C(=C(/O)c4ccc(F)cc4)[C@@H]3c3ccccc3)sc2c1. The lowest BCUT2D eigenvalue weighted by atomic mass is 9.95. The normalized spacial score (nSPS) is 17.8. The zero-order chi connectivity index (χ0) is 23.1. The Bertz CT molecular complexity index is 1410. The number of amides is 1. The van der Waals surface area contributed by atoms with Crippen molar-refractivity contribution in [1.82, 2.24) is 4.98 Å². The van der Waals surface area contributed by atoms with E-state index < -0.39 is 23.5 Å². The molecular formula is C26H19FN2O3S. The van der Waals surface area contributed by atoms with Gasteiger partial charge in [-0.3, -0.25) is 14.5 Å². The number of nitrogens with zero attached hydrogens (tertiary/aromatic N) is 2. The van der Waals surface area contributed by atoms with Gasteiger partial charge in [-0.05, 0) is 53.9 Å². The molecule has 0 unspecified atom stereocenters. The van der Waals surface area contributed by atoms with Crippen LogP contribution in [0.3, 0.4) is 0 Å².